The van der Waals surface area contributed by atoms with Crippen molar-refractivity contribution < 1.29 is 18.9 Å². The number of aromatic amines is 1. The Bertz CT molecular complexity index is 1560. The minimum Gasteiger partial charge on any atom is -0.445 e. The molecule has 2 aliphatic rings. The second kappa shape index (κ2) is 11.1. The van der Waals surface area contributed by atoms with Crippen LogP contribution < -0.4 is 23.8 Å². The number of benzene rings is 2. The number of halogens is 2. The summed E-state index contributed by atoms with van der Waals surface area (Å²) in [6.45, 7) is 2.10. The molecule has 5 aromatic rings. The van der Waals surface area contributed by atoms with Gasteiger partial charge in [0.15, 0.2) is 0 Å². The summed E-state index contributed by atoms with van der Waals surface area (Å²) in [4.78, 5) is 18.9. The third-order valence-corrected chi connectivity index (χ3v) is 10.3. The summed E-state index contributed by atoms with van der Waals surface area (Å²) in [6.07, 6.45) is 8.44. The van der Waals surface area contributed by atoms with E-state index >= 15 is 0 Å². The van der Waals surface area contributed by atoms with Crippen LogP contribution in [0.1, 0.15) is 49.4 Å². The summed E-state index contributed by atoms with van der Waals surface area (Å²) < 4.78 is 5.63. The standard InChI is InChI=1S/C28H25Br2N6S.Li/c29-35-11-1-3-23(35)27-31-15-21(33-27)17-5-7-18(8-6-17)25-14-20-10-9-19(13-26(20)37-25)22-16-32-28(34-22)24-4-2-12-36(24)30;/h5-10,13-16,23-24H,1-4,11-12H2,(H-,31,32,33,34);/q-1;+1/t23-,24-;/m0./s1. The Kier molecular flexibility index (Phi) is 7.71. The normalized spacial score (nSPS) is 20.4. The number of rotatable bonds is 5. The first-order valence-corrected chi connectivity index (χ1v) is 14.9. The first-order valence-electron chi connectivity index (χ1n) is 12.7. The largest absolute Gasteiger partial charge is 1.00 e. The fourth-order valence-corrected chi connectivity index (χ4v) is 7.79. The molecule has 10 heteroatoms. The van der Waals surface area contributed by atoms with E-state index in [0.717, 1.165) is 60.1 Å². The van der Waals surface area contributed by atoms with Crippen molar-refractivity contribution in [1.82, 2.24) is 27.8 Å². The molecule has 1 N–H and O–H groups in total. The maximum atomic E-state index is 4.86. The third-order valence-electron chi connectivity index (χ3n) is 7.43. The summed E-state index contributed by atoms with van der Waals surface area (Å²) in [6, 6.07) is 18.2. The first-order chi connectivity index (χ1) is 18.1. The molecule has 0 amide bonds. The average Bonchev–Trinajstić information content (AvgIpc) is 3.74. The van der Waals surface area contributed by atoms with E-state index in [0.29, 0.717) is 6.04 Å². The van der Waals surface area contributed by atoms with Crippen LogP contribution in [0.25, 0.3) is 43.0 Å². The molecule has 2 aliphatic heterocycles. The second-order valence-electron chi connectivity index (χ2n) is 9.80. The monoisotopic (exact) mass is 642 g/mol. The molecule has 0 spiro atoms. The number of fused-ring (bicyclic) bond motifs is 1. The summed E-state index contributed by atoms with van der Waals surface area (Å²) >= 11 is 9.12. The van der Waals surface area contributed by atoms with Crippen molar-refractivity contribution >= 4 is 53.7 Å². The van der Waals surface area contributed by atoms with Crippen molar-refractivity contribution in [3.05, 3.63) is 72.6 Å². The molecule has 0 unspecified atom stereocenters. The van der Waals surface area contributed by atoms with E-state index in [1.807, 2.05) is 23.7 Å². The second-order valence-corrected chi connectivity index (χ2v) is 12.7. The van der Waals surface area contributed by atoms with Crippen molar-refractivity contribution in [3.8, 4) is 33.0 Å². The van der Waals surface area contributed by atoms with Crippen molar-refractivity contribution in [3.63, 3.8) is 0 Å². The van der Waals surface area contributed by atoms with Gasteiger partial charge in [0.1, 0.15) is 5.82 Å². The van der Waals surface area contributed by atoms with Gasteiger partial charge in [-0.1, -0.05) is 48.4 Å². The van der Waals surface area contributed by atoms with Crippen molar-refractivity contribution in [2.75, 3.05) is 13.1 Å². The molecule has 2 saturated heterocycles. The maximum Gasteiger partial charge on any atom is 1.00 e. The zero-order chi connectivity index (χ0) is 24.9. The zero-order valence-corrected chi connectivity index (χ0v) is 25.1. The Balaban J connectivity index is 0.00000264. The molecule has 3 aromatic heterocycles. The molecule has 2 atom stereocenters. The minimum atomic E-state index is 0. The van der Waals surface area contributed by atoms with Crippen LogP contribution in [-0.2, 0) is 0 Å². The Morgan fingerprint density at radius 3 is 2.29 bits per heavy atom. The Morgan fingerprint density at radius 1 is 0.842 bits per heavy atom. The summed E-state index contributed by atoms with van der Waals surface area (Å²) in [7, 11) is 0. The number of imidazole rings is 2. The van der Waals surface area contributed by atoms with Gasteiger partial charge in [-0.2, -0.15) is 0 Å². The maximum absolute atomic E-state index is 4.86. The topological polar surface area (TPSA) is 62.2 Å². The molecule has 0 saturated carbocycles. The number of aromatic nitrogens is 4. The van der Waals surface area contributed by atoms with Gasteiger partial charge < -0.3 is 15.0 Å². The van der Waals surface area contributed by atoms with Gasteiger partial charge in [-0.3, -0.25) is 0 Å². The molecule has 0 aliphatic carbocycles. The molecule has 38 heavy (non-hydrogen) atoms. The third kappa shape index (κ3) is 4.99. The number of hydrogen-bond acceptors (Lipinski definition) is 5. The fraction of sp³-hybridized carbons (Fsp3) is 0.286. The van der Waals surface area contributed by atoms with Crippen LogP contribution in [0, 0.1) is 0 Å². The van der Waals surface area contributed by atoms with Crippen molar-refractivity contribution in [1.29, 1.82) is 0 Å². The predicted molar refractivity (Wildman–Crippen MR) is 157 cm³/mol. The molecule has 7 rings (SSSR count). The van der Waals surface area contributed by atoms with Crippen LogP contribution >= 0.6 is 43.6 Å². The zero-order valence-electron chi connectivity index (χ0n) is 21.1. The van der Waals surface area contributed by atoms with E-state index in [-0.39, 0.29) is 24.9 Å². The molecule has 2 fully saturated rings. The SMILES string of the molecule is BrN1CCC[C@H]1c1ncc(-c2ccc3cc(-c4ccc(-c5cnc([C@@H]6CCCN6Br)[nH]5)cc4)sc3c2)[n-]1.[Li+]. The summed E-state index contributed by atoms with van der Waals surface area (Å²) in [5, 5.41) is 1.25. The molecule has 0 radical (unpaired) electrons. The van der Waals surface area contributed by atoms with Crippen molar-refractivity contribution in [2.24, 2.45) is 0 Å². The Morgan fingerprint density at radius 2 is 1.55 bits per heavy atom. The predicted octanol–water partition coefficient (Wildman–Crippen LogP) is 4.88. The van der Waals surface area contributed by atoms with E-state index in [9.17, 15) is 0 Å². The van der Waals surface area contributed by atoms with E-state index in [1.165, 1.54) is 33.4 Å². The van der Waals surface area contributed by atoms with E-state index in [2.05, 4.69) is 104 Å². The first kappa shape index (κ1) is 26.5. The molecular formula is C28H25Br2LiN6S. The smallest absolute Gasteiger partial charge is 0.445 e. The van der Waals surface area contributed by atoms with Crippen LogP contribution in [0.15, 0.2) is 60.9 Å². The summed E-state index contributed by atoms with van der Waals surface area (Å²) in [5.74, 6) is 1.94. The number of nitrogens with one attached hydrogen (secondary N) is 1. The number of hydrogen-bond donors (Lipinski definition) is 1. The number of H-pyrrole nitrogens is 1. The molecular weight excluding hydrogens is 619 g/mol. The van der Waals surface area contributed by atoms with E-state index in [4.69, 9.17) is 4.98 Å². The van der Waals surface area contributed by atoms with Gasteiger partial charge in [-0.05, 0) is 65.6 Å². The van der Waals surface area contributed by atoms with Crippen LogP contribution in [0.4, 0.5) is 0 Å². The quantitative estimate of drug-likeness (QED) is 0.219. The molecule has 2 aromatic carbocycles. The van der Waals surface area contributed by atoms with Gasteiger partial charge in [0, 0.05) is 61.0 Å². The van der Waals surface area contributed by atoms with Crippen LogP contribution in [0.3, 0.4) is 0 Å². The molecule has 6 nitrogen and oxygen atoms in total. The van der Waals surface area contributed by atoms with E-state index < -0.39 is 0 Å². The van der Waals surface area contributed by atoms with Crippen molar-refractivity contribution in [2.45, 2.75) is 37.8 Å². The fourth-order valence-electron chi connectivity index (χ4n) is 5.39. The Hall–Kier alpha value is -1.70. The minimum absolute atomic E-state index is 0. The Labute approximate surface area is 255 Å². The molecule has 5 heterocycles. The van der Waals surface area contributed by atoms with E-state index in [1.54, 1.807) is 0 Å². The van der Waals surface area contributed by atoms with Gasteiger partial charge >= 0.3 is 18.9 Å². The summed E-state index contributed by atoms with van der Waals surface area (Å²) in [5.41, 5.74) is 5.51. The van der Waals surface area contributed by atoms with Gasteiger partial charge in [-0.15, -0.1) is 11.3 Å². The number of thiophene rings is 1. The average molecular weight is 644 g/mol. The number of nitrogens with zero attached hydrogens (tertiary/aromatic N) is 5. The molecule has 0 bridgehead atoms. The van der Waals surface area contributed by atoms with Crippen LogP contribution in [-0.4, -0.2) is 35.9 Å². The van der Waals surface area contributed by atoms with Gasteiger partial charge in [0.05, 0.1) is 17.9 Å². The molecule has 188 valence electrons. The van der Waals surface area contributed by atoms with Gasteiger partial charge in [0.25, 0.3) is 0 Å². The van der Waals surface area contributed by atoms with Crippen LogP contribution in [0.5, 0.6) is 0 Å². The van der Waals surface area contributed by atoms with Crippen LogP contribution in [0.2, 0.25) is 0 Å². The van der Waals surface area contributed by atoms with Gasteiger partial charge in [-0.25, -0.2) is 12.8 Å². The van der Waals surface area contributed by atoms with Gasteiger partial charge in [0.2, 0.25) is 0 Å².